The molecule has 1 N–H and O–H groups in total. The van der Waals surface area contributed by atoms with Gasteiger partial charge in [0.05, 0.1) is 14.2 Å². The van der Waals surface area contributed by atoms with E-state index >= 15 is 0 Å². The van der Waals surface area contributed by atoms with Crippen molar-refractivity contribution in [3.05, 3.63) is 42.0 Å². The number of benzene rings is 2. The Morgan fingerprint density at radius 2 is 1.82 bits per heavy atom. The number of nitrogens with one attached hydrogen (secondary N) is 1. The van der Waals surface area contributed by atoms with E-state index in [9.17, 15) is 9.59 Å². The van der Waals surface area contributed by atoms with Crippen LogP contribution in [0.5, 0.6) is 23.0 Å². The molecule has 3 aromatic rings. The molecule has 2 aliphatic rings. The summed E-state index contributed by atoms with van der Waals surface area (Å²) in [5.41, 5.74) is 1.21. The fourth-order valence-electron chi connectivity index (χ4n) is 3.99. The Balaban J connectivity index is 1.30. The molecule has 2 aromatic carbocycles. The predicted octanol–water partition coefficient (Wildman–Crippen LogP) is 3.19. The molecule has 0 aliphatic carbocycles. The summed E-state index contributed by atoms with van der Waals surface area (Å²) in [4.78, 5) is 27.8. The predicted molar refractivity (Wildman–Crippen MR) is 124 cm³/mol. The molecular formula is C23H22N4O6S. The lowest BCUT2D eigenvalue weighted by Crippen LogP contribution is -2.43. The molecule has 5 rings (SSSR count). The van der Waals surface area contributed by atoms with Gasteiger partial charge in [-0.2, -0.15) is 0 Å². The monoisotopic (exact) mass is 482 g/mol. The fraction of sp³-hybridized carbons (Fsp3) is 0.304. The van der Waals surface area contributed by atoms with Gasteiger partial charge in [-0.3, -0.25) is 14.9 Å². The topological polar surface area (TPSA) is 112 Å². The normalized spacial score (nSPS) is 16.4. The number of hydrogen-bond donors (Lipinski definition) is 1. The minimum Gasteiger partial charge on any atom is -0.497 e. The van der Waals surface area contributed by atoms with Gasteiger partial charge in [0.1, 0.15) is 22.5 Å². The third-order valence-corrected chi connectivity index (χ3v) is 6.58. The van der Waals surface area contributed by atoms with Crippen LogP contribution in [0.3, 0.4) is 0 Å². The smallest absolute Gasteiger partial charge is 0.254 e. The zero-order chi connectivity index (χ0) is 23.7. The van der Waals surface area contributed by atoms with Gasteiger partial charge in [-0.05, 0) is 43.2 Å². The van der Waals surface area contributed by atoms with E-state index in [0.29, 0.717) is 51.7 Å². The Hall–Kier alpha value is -3.86. The van der Waals surface area contributed by atoms with Crippen LogP contribution in [-0.4, -0.2) is 60.5 Å². The second-order valence-electron chi connectivity index (χ2n) is 7.73. The van der Waals surface area contributed by atoms with Crippen LogP contribution < -0.4 is 24.3 Å². The van der Waals surface area contributed by atoms with Crippen molar-refractivity contribution in [2.45, 2.75) is 18.9 Å². The lowest BCUT2D eigenvalue weighted by atomic mass is 10.1. The van der Waals surface area contributed by atoms with Crippen LogP contribution in [0.2, 0.25) is 0 Å². The number of carbonyl (C=O) groups is 2. The molecule has 0 spiro atoms. The van der Waals surface area contributed by atoms with Gasteiger partial charge >= 0.3 is 0 Å². The molecule has 34 heavy (non-hydrogen) atoms. The van der Waals surface area contributed by atoms with E-state index in [1.807, 2.05) is 18.2 Å². The van der Waals surface area contributed by atoms with Crippen molar-refractivity contribution in [2.24, 2.45) is 0 Å². The maximum absolute atomic E-state index is 13.2. The summed E-state index contributed by atoms with van der Waals surface area (Å²) in [5.74, 6) is 1.79. The lowest BCUT2D eigenvalue weighted by molar-refractivity contribution is -0.119. The van der Waals surface area contributed by atoms with Crippen molar-refractivity contribution in [1.82, 2.24) is 15.1 Å². The van der Waals surface area contributed by atoms with Crippen LogP contribution in [0.4, 0.5) is 5.13 Å². The summed E-state index contributed by atoms with van der Waals surface area (Å²) in [6.07, 6.45) is 1.29. The summed E-state index contributed by atoms with van der Waals surface area (Å²) < 4.78 is 21.3. The fourth-order valence-corrected chi connectivity index (χ4v) is 4.73. The second kappa shape index (κ2) is 9.18. The van der Waals surface area contributed by atoms with Crippen molar-refractivity contribution in [2.75, 3.05) is 32.9 Å². The Morgan fingerprint density at radius 1 is 1.06 bits per heavy atom. The quantitative estimate of drug-likeness (QED) is 0.570. The van der Waals surface area contributed by atoms with Gasteiger partial charge in [-0.15, -0.1) is 10.2 Å². The first kappa shape index (κ1) is 22.0. The minimum absolute atomic E-state index is 0.190. The third kappa shape index (κ3) is 4.21. The van der Waals surface area contributed by atoms with Gasteiger partial charge in [0.15, 0.2) is 11.5 Å². The third-order valence-electron chi connectivity index (χ3n) is 5.69. The van der Waals surface area contributed by atoms with Gasteiger partial charge in [-0.1, -0.05) is 11.3 Å². The number of hydrogen-bond acceptors (Lipinski definition) is 9. The number of carbonyl (C=O) groups excluding carboxylic acids is 2. The summed E-state index contributed by atoms with van der Waals surface area (Å²) in [7, 11) is 3.05. The van der Waals surface area contributed by atoms with Crippen molar-refractivity contribution >= 4 is 28.3 Å². The number of ether oxygens (including phenoxy) is 4. The summed E-state index contributed by atoms with van der Waals surface area (Å²) in [5, 5.41) is 12.1. The maximum atomic E-state index is 13.2. The number of amides is 2. The summed E-state index contributed by atoms with van der Waals surface area (Å²) in [6, 6.07) is 9.86. The van der Waals surface area contributed by atoms with Crippen LogP contribution >= 0.6 is 11.3 Å². The Morgan fingerprint density at radius 3 is 2.59 bits per heavy atom. The molecular weight excluding hydrogens is 460 g/mol. The van der Waals surface area contributed by atoms with Crippen molar-refractivity contribution < 1.29 is 28.5 Å². The molecule has 176 valence electrons. The van der Waals surface area contributed by atoms with E-state index in [0.717, 1.165) is 12.0 Å². The molecule has 0 radical (unpaired) electrons. The molecule has 10 nitrogen and oxygen atoms in total. The number of rotatable bonds is 6. The van der Waals surface area contributed by atoms with E-state index in [1.165, 1.54) is 25.6 Å². The molecule has 2 aliphatic heterocycles. The standard InChI is InChI=1S/C23H22N4O6S/c1-30-15-8-14(9-16(11-15)31-2)22(29)27-7-3-4-17(27)20(28)24-23-26-25-21(34-23)13-5-6-18-19(10-13)33-12-32-18/h5-6,8-11,17H,3-4,7,12H2,1-2H3,(H,24,26,28)/t17-/m0/s1. The molecule has 0 saturated carbocycles. The number of anilines is 1. The van der Waals surface area contributed by atoms with E-state index in [4.69, 9.17) is 18.9 Å². The Kier molecular flexibility index (Phi) is 5.93. The van der Waals surface area contributed by atoms with Gasteiger partial charge in [0.25, 0.3) is 5.91 Å². The molecule has 1 aromatic heterocycles. The van der Waals surface area contributed by atoms with Crippen LogP contribution in [0.15, 0.2) is 36.4 Å². The zero-order valence-corrected chi connectivity index (χ0v) is 19.4. The van der Waals surface area contributed by atoms with E-state index < -0.39 is 6.04 Å². The molecule has 1 fully saturated rings. The van der Waals surface area contributed by atoms with Gasteiger partial charge in [-0.25, -0.2) is 0 Å². The van der Waals surface area contributed by atoms with Gasteiger partial charge < -0.3 is 23.8 Å². The highest BCUT2D eigenvalue weighted by Gasteiger charge is 2.35. The summed E-state index contributed by atoms with van der Waals surface area (Å²) in [6.45, 7) is 0.671. The zero-order valence-electron chi connectivity index (χ0n) is 18.6. The number of fused-ring (bicyclic) bond motifs is 1. The highest BCUT2D eigenvalue weighted by Crippen LogP contribution is 2.37. The minimum atomic E-state index is -0.609. The molecule has 11 heteroatoms. The molecule has 0 unspecified atom stereocenters. The highest BCUT2D eigenvalue weighted by molar-refractivity contribution is 7.18. The first-order valence-electron chi connectivity index (χ1n) is 10.6. The van der Waals surface area contributed by atoms with E-state index in [2.05, 4.69) is 15.5 Å². The number of aromatic nitrogens is 2. The van der Waals surface area contributed by atoms with Crippen molar-refractivity contribution in [3.63, 3.8) is 0 Å². The maximum Gasteiger partial charge on any atom is 0.254 e. The van der Waals surface area contributed by atoms with Gasteiger partial charge in [0, 0.05) is 23.7 Å². The Labute approximate surface area is 199 Å². The SMILES string of the molecule is COc1cc(OC)cc(C(=O)N2CCC[C@H]2C(=O)Nc2nnc(-c3ccc4c(c3)OCO4)s2)c1. The lowest BCUT2D eigenvalue weighted by Gasteiger charge is -2.24. The van der Waals surface area contributed by atoms with Crippen molar-refractivity contribution in [3.8, 4) is 33.6 Å². The highest BCUT2D eigenvalue weighted by atomic mass is 32.1. The average Bonchev–Trinajstić information content (AvgIpc) is 3.63. The number of likely N-dealkylation sites (tertiary alicyclic amines) is 1. The van der Waals surface area contributed by atoms with Crippen LogP contribution in [0.1, 0.15) is 23.2 Å². The van der Waals surface area contributed by atoms with Gasteiger partial charge in [0.2, 0.25) is 17.8 Å². The largest absolute Gasteiger partial charge is 0.497 e. The molecule has 1 atom stereocenters. The number of nitrogens with zero attached hydrogens (tertiary/aromatic N) is 3. The molecule has 3 heterocycles. The van der Waals surface area contributed by atoms with Crippen LogP contribution in [0, 0.1) is 0 Å². The molecule has 1 saturated heterocycles. The van der Waals surface area contributed by atoms with E-state index in [-0.39, 0.29) is 18.6 Å². The first-order valence-corrected chi connectivity index (χ1v) is 11.5. The summed E-state index contributed by atoms with van der Waals surface area (Å²) >= 11 is 1.25. The first-order chi connectivity index (χ1) is 16.6. The van der Waals surface area contributed by atoms with Crippen molar-refractivity contribution in [1.29, 1.82) is 0 Å². The van der Waals surface area contributed by atoms with Crippen LogP contribution in [-0.2, 0) is 4.79 Å². The average molecular weight is 483 g/mol. The Bertz CT molecular complexity index is 1220. The number of methoxy groups -OCH3 is 2. The molecule has 2 amide bonds. The second-order valence-corrected chi connectivity index (χ2v) is 8.71. The molecule has 0 bridgehead atoms. The van der Waals surface area contributed by atoms with Crippen LogP contribution in [0.25, 0.3) is 10.6 Å². The van der Waals surface area contributed by atoms with E-state index in [1.54, 1.807) is 23.1 Å².